The summed E-state index contributed by atoms with van der Waals surface area (Å²) in [5.74, 6) is 0.389. The molecule has 42 heavy (non-hydrogen) atoms. The fourth-order valence-electron chi connectivity index (χ4n) is 4.78. The van der Waals surface area contributed by atoms with Crippen LogP contribution in [0.1, 0.15) is 5.69 Å². The van der Waals surface area contributed by atoms with E-state index in [4.69, 9.17) is 4.74 Å². The molecule has 0 bridgehead atoms. The molecule has 4 aromatic rings. The van der Waals surface area contributed by atoms with Crippen LogP contribution < -0.4 is 15.5 Å². The number of pyridine rings is 2. The van der Waals surface area contributed by atoms with E-state index >= 15 is 0 Å². The minimum atomic E-state index is -4.33. The van der Waals surface area contributed by atoms with Crippen molar-refractivity contribution in [3.63, 3.8) is 0 Å². The van der Waals surface area contributed by atoms with Crippen molar-refractivity contribution in [2.24, 2.45) is 0 Å². The maximum atomic E-state index is 14.1. The molecule has 0 aliphatic carbocycles. The van der Waals surface area contributed by atoms with Crippen LogP contribution in [-0.4, -0.2) is 71.0 Å². The summed E-state index contributed by atoms with van der Waals surface area (Å²) < 4.78 is 61.9. The number of hydrogen-bond acceptors (Lipinski definition) is 8. The van der Waals surface area contributed by atoms with Crippen molar-refractivity contribution in [2.45, 2.75) is 51.2 Å². The van der Waals surface area contributed by atoms with Gasteiger partial charge in [-0.05, 0) is 29.8 Å². The number of rotatable bonds is 10. The Bertz CT molecular complexity index is 1520. The van der Waals surface area contributed by atoms with Crippen LogP contribution in [0.15, 0.2) is 49.1 Å². The predicted octanol–water partition coefficient (Wildman–Crippen LogP) is 5.29. The van der Waals surface area contributed by atoms with Crippen LogP contribution in [0.2, 0.25) is 25.7 Å². The highest BCUT2D eigenvalue weighted by Gasteiger charge is 2.42. The average molecular weight is 603 g/mol. The summed E-state index contributed by atoms with van der Waals surface area (Å²) >= 11 is 0. The van der Waals surface area contributed by atoms with E-state index < -0.39 is 26.2 Å². The van der Waals surface area contributed by atoms with Crippen LogP contribution in [0.25, 0.3) is 22.2 Å². The highest BCUT2D eigenvalue weighted by molar-refractivity contribution is 6.76. The maximum Gasteiger partial charge on any atom is 0.405 e. The number of hydrogen-bond donors (Lipinski definition) is 2. The molecular weight excluding hydrogens is 568 g/mol. The predicted molar refractivity (Wildman–Crippen MR) is 156 cm³/mol. The van der Waals surface area contributed by atoms with Gasteiger partial charge >= 0.3 is 6.18 Å². The first-order valence-corrected chi connectivity index (χ1v) is 17.5. The molecule has 1 fully saturated rings. The molecule has 5 heterocycles. The van der Waals surface area contributed by atoms with E-state index in [1.54, 1.807) is 29.2 Å². The Balaban J connectivity index is 1.39. The van der Waals surface area contributed by atoms with Crippen LogP contribution in [-0.2, 0) is 18.0 Å². The number of ether oxygens (including phenoxy) is 1. The molecule has 0 amide bonds. The molecule has 0 radical (unpaired) electrons. The van der Waals surface area contributed by atoms with E-state index in [0.29, 0.717) is 52.6 Å². The van der Waals surface area contributed by atoms with E-state index in [0.717, 1.165) is 6.04 Å². The number of anilines is 2. The first-order valence-electron chi connectivity index (χ1n) is 13.8. The molecule has 1 unspecified atom stereocenters. The van der Waals surface area contributed by atoms with Gasteiger partial charge in [0, 0.05) is 58.3 Å². The van der Waals surface area contributed by atoms with Gasteiger partial charge in [-0.2, -0.15) is 17.6 Å². The third-order valence-corrected chi connectivity index (χ3v) is 8.75. The molecule has 5 rings (SSSR count). The SMILES string of the molecule is C[Si](C)(C)CCOCn1cc(-c2ccnc(F)c2)c2c(NCc3cccc(N4CCNC(C(F)(F)F)C4)n3)ncnc21. The lowest BCUT2D eigenvalue weighted by atomic mass is 10.1. The molecule has 1 saturated heterocycles. The molecule has 224 valence electrons. The molecule has 1 atom stereocenters. The van der Waals surface area contributed by atoms with Gasteiger partial charge in [-0.15, -0.1) is 0 Å². The molecule has 0 saturated carbocycles. The van der Waals surface area contributed by atoms with Gasteiger partial charge in [-0.25, -0.2) is 19.9 Å². The molecule has 4 aromatic heterocycles. The summed E-state index contributed by atoms with van der Waals surface area (Å²) in [6.07, 6.45) is 0.391. The Morgan fingerprint density at radius 3 is 2.74 bits per heavy atom. The van der Waals surface area contributed by atoms with Crippen molar-refractivity contribution >= 4 is 30.7 Å². The van der Waals surface area contributed by atoms with E-state index in [1.165, 1.54) is 18.6 Å². The number of piperazine rings is 1. The topological polar surface area (TPSA) is 93.0 Å². The molecule has 14 heteroatoms. The zero-order chi connectivity index (χ0) is 29.9. The Morgan fingerprint density at radius 2 is 1.98 bits per heavy atom. The Hall–Kier alpha value is -3.62. The number of fused-ring (bicyclic) bond motifs is 1. The summed E-state index contributed by atoms with van der Waals surface area (Å²) in [6.45, 7) is 8.45. The monoisotopic (exact) mass is 602 g/mol. The van der Waals surface area contributed by atoms with Crippen molar-refractivity contribution in [3.05, 3.63) is 60.7 Å². The first kappa shape index (κ1) is 29.9. The van der Waals surface area contributed by atoms with Crippen molar-refractivity contribution in [1.82, 2.24) is 29.8 Å². The summed E-state index contributed by atoms with van der Waals surface area (Å²) in [7, 11) is -1.26. The van der Waals surface area contributed by atoms with E-state index in [1.807, 2.05) is 10.8 Å². The third-order valence-electron chi connectivity index (χ3n) is 7.04. The van der Waals surface area contributed by atoms with Crippen molar-refractivity contribution in [2.75, 3.05) is 36.5 Å². The lowest BCUT2D eigenvalue weighted by Gasteiger charge is -2.35. The quantitative estimate of drug-likeness (QED) is 0.110. The fourth-order valence-corrected chi connectivity index (χ4v) is 5.54. The van der Waals surface area contributed by atoms with Gasteiger partial charge in [-0.3, -0.25) is 0 Å². The summed E-state index contributed by atoms with van der Waals surface area (Å²) in [5, 5.41) is 6.52. The summed E-state index contributed by atoms with van der Waals surface area (Å²) in [4.78, 5) is 18.9. The number of halogens is 4. The van der Waals surface area contributed by atoms with Gasteiger partial charge in [0.2, 0.25) is 5.95 Å². The van der Waals surface area contributed by atoms with Gasteiger partial charge in [0.05, 0.1) is 17.6 Å². The molecule has 9 nitrogen and oxygen atoms in total. The van der Waals surface area contributed by atoms with Crippen molar-refractivity contribution < 1.29 is 22.3 Å². The van der Waals surface area contributed by atoms with Crippen LogP contribution in [0, 0.1) is 5.95 Å². The molecule has 1 aliphatic rings. The lowest BCUT2D eigenvalue weighted by molar-refractivity contribution is -0.155. The number of aromatic nitrogens is 5. The number of nitrogens with one attached hydrogen (secondary N) is 2. The van der Waals surface area contributed by atoms with Crippen LogP contribution in [0.4, 0.5) is 29.2 Å². The van der Waals surface area contributed by atoms with E-state index in [9.17, 15) is 17.6 Å². The standard InChI is InChI=1S/C28H34F4N8OSi/c1-42(2,3)12-11-41-18-40-15-21(19-7-8-34-23(29)13-19)25-26(36-17-37-27(25)40)35-14-20-5-4-6-24(38-20)39-10-9-33-22(16-39)28(30,31)32/h4-8,13,15,17,22,33H,9-12,14,16,18H2,1-3H3,(H,35,36,37). The highest BCUT2D eigenvalue weighted by Crippen LogP contribution is 2.34. The van der Waals surface area contributed by atoms with Crippen LogP contribution >= 0.6 is 0 Å². The summed E-state index contributed by atoms with van der Waals surface area (Å²) in [5.41, 5.74) is 2.58. The zero-order valence-corrected chi connectivity index (χ0v) is 24.7. The zero-order valence-electron chi connectivity index (χ0n) is 23.7. The van der Waals surface area contributed by atoms with Gasteiger partial charge < -0.3 is 24.8 Å². The van der Waals surface area contributed by atoms with E-state index in [2.05, 4.69) is 50.2 Å². The Labute approximate surface area is 242 Å². The fraction of sp³-hybridized carbons (Fsp3) is 0.429. The first-order chi connectivity index (χ1) is 20.0. The van der Waals surface area contributed by atoms with Gasteiger partial charge in [0.1, 0.15) is 36.4 Å². The smallest absolute Gasteiger partial charge is 0.364 e. The summed E-state index contributed by atoms with van der Waals surface area (Å²) in [6, 6.07) is 7.78. The second kappa shape index (κ2) is 12.3. The maximum absolute atomic E-state index is 14.1. The number of nitrogens with zero attached hydrogens (tertiary/aromatic N) is 6. The van der Waals surface area contributed by atoms with Crippen molar-refractivity contribution in [3.8, 4) is 11.1 Å². The second-order valence-corrected chi connectivity index (χ2v) is 17.1. The molecule has 1 aliphatic heterocycles. The third kappa shape index (κ3) is 7.23. The largest absolute Gasteiger partial charge is 0.405 e. The normalized spacial score (nSPS) is 16.3. The molecular formula is C28H34F4N8OSi. The van der Waals surface area contributed by atoms with Gasteiger partial charge in [0.25, 0.3) is 0 Å². The molecule has 2 N–H and O–H groups in total. The van der Waals surface area contributed by atoms with Crippen LogP contribution in [0.3, 0.4) is 0 Å². The Morgan fingerprint density at radius 1 is 1.14 bits per heavy atom. The Kier molecular flexibility index (Phi) is 8.75. The minimum absolute atomic E-state index is 0.209. The van der Waals surface area contributed by atoms with Crippen LogP contribution in [0.5, 0.6) is 0 Å². The second-order valence-electron chi connectivity index (χ2n) is 11.5. The minimum Gasteiger partial charge on any atom is -0.364 e. The van der Waals surface area contributed by atoms with E-state index in [-0.39, 0.29) is 26.4 Å². The molecule has 0 spiro atoms. The lowest BCUT2D eigenvalue weighted by Crippen LogP contribution is -2.57. The highest BCUT2D eigenvalue weighted by atomic mass is 28.3. The van der Waals surface area contributed by atoms with Gasteiger partial charge in [0.15, 0.2) is 0 Å². The number of alkyl halides is 3. The van der Waals surface area contributed by atoms with Crippen molar-refractivity contribution in [1.29, 1.82) is 0 Å². The van der Waals surface area contributed by atoms with Gasteiger partial charge in [-0.1, -0.05) is 25.7 Å². The average Bonchev–Trinajstić information content (AvgIpc) is 3.33. The molecule has 0 aromatic carbocycles.